The van der Waals surface area contributed by atoms with Crippen LogP contribution < -0.4 is 0 Å². The Kier molecular flexibility index (Phi) is 3.22. The smallest absolute Gasteiger partial charge is 0.131 e. The molecule has 0 aliphatic rings. The monoisotopic (exact) mass is 236 g/mol. The van der Waals surface area contributed by atoms with Crippen LogP contribution in [0.5, 0.6) is 0 Å². The minimum Gasteiger partial charge on any atom is -0.392 e. The van der Waals surface area contributed by atoms with E-state index in [0.717, 1.165) is 0 Å². The van der Waals surface area contributed by atoms with Crippen molar-refractivity contribution in [2.24, 2.45) is 0 Å². The normalized spacial score (nSPS) is 10.4. The largest absolute Gasteiger partial charge is 0.392 e. The van der Waals surface area contributed by atoms with Gasteiger partial charge in [0.25, 0.3) is 0 Å². The zero-order chi connectivity index (χ0) is 11.5. The fraction of sp³-hybridized carbons (Fsp3) is 0.0769. The molecule has 1 N–H and O–H groups in total. The summed E-state index contributed by atoms with van der Waals surface area (Å²) < 4.78 is 13.6. The van der Waals surface area contributed by atoms with Gasteiger partial charge in [-0.2, -0.15) is 0 Å². The molecule has 0 heterocycles. The number of benzene rings is 2. The lowest BCUT2D eigenvalue weighted by Crippen LogP contribution is -1.89. The van der Waals surface area contributed by atoms with E-state index in [1.54, 1.807) is 36.4 Å². The van der Waals surface area contributed by atoms with E-state index < -0.39 is 0 Å². The van der Waals surface area contributed by atoms with E-state index in [0.29, 0.717) is 21.7 Å². The predicted octanol–water partition coefficient (Wildman–Crippen LogP) is 3.64. The molecule has 82 valence electrons. The summed E-state index contributed by atoms with van der Waals surface area (Å²) in [5.74, 6) is -0.342. The summed E-state index contributed by atoms with van der Waals surface area (Å²) in [4.78, 5) is 0. The molecule has 2 rings (SSSR count). The van der Waals surface area contributed by atoms with Crippen LogP contribution in [0.1, 0.15) is 5.56 Å². The second kappa shape index (κ2) is 4.64. The molecule has 2 aromatic carbocycles. The first-order valence-electron chi connectivity index (χ1n) is 4.86. The maximum atomic E-state index is 13.6. The lowest BCUT2D eigenvalue weighted by Gasteiger charge is -2.07. The summed E-state index contributed by atoms with van der Waals surface area (Å²) in [6.45, 7) is -0.113. The van der Waals surface area contributed by atoms with Crippen molar-refractivity contribution in [3.05, 3.63) is 58.9 Å². The molecule has 0 atom stereocenters. The van der Waals surface area contributed by atoms with E-state index in [1.807, 2.05) is 0 Å². The Hall–Kier alpha value is -1.38. The summed E-state index contributed by atoms with van der Waals surface area (Å²) in [5.41, 5.74) is 1.71. The van der Waals surface area contributed by atoms with Crippen molar-refractivity contribution >= 4 is 11.6 Å². The third-order valence-corrected chi connectivity index (χ3v) is 2.71. The van der Waals surface area contributed by atoms with Gasteiger partial charge in [0, 0.05) is 16.1 Å². The van der Waals surface area contributed by atoms with Crippen LogP contribution in [0.25, 0.3) is 11.1 Å². The van der Waals surface area contributed by atoms with Crippen molar-refractivity contribution in [2.45, 2.75) is 6.61 Å². The standard InChI is InChI=1S/C13H10ClFO/c14-12-4-2-1-3-10(12)11-7-9(8-16)5-6-13(11)15/h1-7,16H,8H2. The predicted molar refractivity (Wildman–Crippen MR) is 62.8 cm³/mol. The molecule has 3 heteroatoms. The van der Waals surface area contributed by atoms with E-state index >= 15 is 0 Å². The van der Waals surface area contributed by atoms with Crippen LogP contribution in [0.3, 0.4) is 0 Å². The highest BCUT2D eigenvalue weighted by atomic mass is 35.5. The molecule has 0 aliphatic carbocycles. The van der Waals surface area contributed by atoms with Gasteiger partial charge in [0.05, 0.1) is 6.61 Å². The highest BCUT2D eigenvalue weighted by molar-refractivity contribution is 6.33. The first-order chi connectivity index (χ1) is 7.72. The third-order valence-electron chi connectivity index (χ3n) is 2.38. The third kappa shape index (κ3) is 2.08. The Balaban J connectivity index is 2.59. The number of hydrogen-bond donors (Lipinski definition) is 1. The van der Waals surface area contributed by atoms with Gasteiger partial charge in [-0.15, -0.1) is 0 Å². The van der Waals surface area contributed by atoms with Crippen LogP contribution in [0, 0.1) is 5.82 Å². The SMILES string of the molecule is OCc1ccc(F)c(-c2ccccc2Cl)c1. The second-order valence-electron chi connectivity index (χ2n) is 3.45. The van der Waals surface area contributed by atoms with Gasteiger partial charge in [0.1, 0.15) is 5.82 Å². The molecule has 0 spiro atoms. The Morgan fingerprint density at radius 2 is 1.81 bits per heavy atom. The molecule has 0 fully saturated rings. The summed E-state index contributed by atoms with van der Waals surface area (Å²) in [6.07, 6.45) is 0. The van der Waals surface area contributed by atoms with Gasteiger partial charge in [-0.05, 0) is 23.8 Å². The van der Waals surface area contributed by atoms with Gasteiger partial charge in [-0.3, -0.25) is 0 Å². The molecule has 0 unspecified atom stereocenters. The fourth-order valence-corrected chi connectivity index (χ4v) is 1.79. The molecule has 2 aromatic rings. The van der Waals surface area contributed by atoms with Crippen LogP contribution >= 0.6 is 11.6 Å². The quantitative estimate of drug-likeness (QED) is 0.844. The summed E-state index contributed by atoms with van der Waals surface area (Å²) in [7, 11) is 0. The Morgan fingerprint density at radius 3 is 2.50 bits per heavy atom. The van der Waals surface area contributed by atoms with Gasteiger partial charge in [0.2, 0.25) is 0 Å². The van der Waals surface area contributed by atoms with Crippen molar-refractivity contribution in [1.82, 2.24) is 0 Å². The van der Waals surface area contributed by atoms with Crippen molar-refractivity contribution in [2.75, 3.05) is 0 Å². The lowest BCUT2D eigenvalue weighted by atomic mass is 10.0. The van der Waals surface area contributed by atoms with Crippen molar-refractivity contribution in [3.63, 3.8) is 0 Å². The van der Waals surface area contributed by atoms with Gasteiger partial charge >= 0.3 is 0 Å². The Bertz CT molecular complexity index is 511. The maximum absolute atomic E-state index is 13.6. The number of aliphatic hydroxyl groups is 1. The summed E-state index contributed by atoms with van der Waals surface area (Å²) in [6, 6.07) is 11.5. The number of hydrogen-bond acceptors (Lipinski definition) is 1. The number of halogens is 2. The van der Waals surface area contributed by atoms with Gasteiger partial charge in [0.15, 0.2) is 0 Å². The topological polar surface area (TPSA) is 20.2 Å². The average molecular weight is 237 g/mol. The van der Waals surface area contributed by atoms with Crippen LogP contribution in [0.15, 0.2) is 42.5 Å². The van der Waals surface area contributed by atoms with Crippen molar-refractivity contribution < 1.29 is 9.50 Å². The molecule has 0 saturated carbocycles. The highest BCUT2D eigenvalue weighted by Crippen LogP contribution is 2.30. The molecule has 0 radical (unpaired) electrons. The maximum Gasteiger partial charge on any atom is 0.131 e. The van der Waals surface area contributed by atoms with Crippen LogP contribution in [-0.2, 0) is 6.61 Å². The Labute approximate surface area is 98.1 Å². The molecular weight excluding hydrogens is 227 g/mol. The van der Waals surface area contributed by atoms with E-state index in [1.165, 1.54) is 6.07 Å². The van der Waals surface area contributed by atoms with Crippen LogP contribution in [0.4, 0.5) is 4.39 Å². The molecule has 0 amide bonds. The molecule has 0 aliphatic heterocycles. The first-order valence-corrected chi connectivity index (χ1v) is 5.24. The minimum absolute atomic E-state index is 0.113. The zero-order valence-electron chi connectivity index (χ0n) is 8.45. The van der Waals surface area contributed by atoms with Crippen LogP contribution in [-0.4, -0.2) is 5.11 Å². The fourth-order valence-electron chi connectivity index (χ4n) is 1.56. The average Bonchev–Trinajstić information content (AvgIpc) is 2.31. The van der Waals surface area contributed by atoms with Gasteiger partial charge in [-0.1, -0.05) is 35.9 Å². The van der Waals surface area contributed by atoms with E-state index in [9.17, 15) is 4.39 Å². The second-order valence-corrected chi connectivity index (χ2v) is 3.86. The van der Waals surface area contributed by atoms with Crippen molar-refractivity contribution in [3.8, 4) is 11.1 Å². The number of rotatable bonds is 2. The number of aliphatic hydroxyl groups excluding tert-OH is 1. The van der Waals surface area contributed by atoms with Gasteiger partial charge in [-0.25, -0.2) is 4.39 Å². The lowest BCUT2D eigenvalue weighted by molar-refractivity contribution is 0.282. The van der Waals surface area contributed by atoms with Gasteiger partial charge < -0.3 is 5.11 Å². The molecule has 0 aromatic heterocycles. The van der Waals surface area contributed by atoms with Crippen LogP contribution in [0.2, 0.25) is 5.02 Å². The Morgan fingerprint density at radius 1 is 1.06 bits per heavy atom. The minimum atomic E-state index is -0.342. The molecule has 0 saturated heterocycles. The molecular formula is C13H10ClFO. The summed E-state index contributed by atoms with van der Waals surface area (Å²) in [5, 5.41) is 9.51. The van der Waals surface area contributed by atoms with E-state index in [-0.39, 0.29) is 12.4 Å². The van der Waals surface area contributed by atoms with E-state index in [4.69, 9.17) is 16.7 Å². The first kappa shape index (κ1) is 11.1. The molecule has 0 bridgehead atoms. The zero-order valence-corrected chi connectivity index (χ0v) is 9.21. The van der Waals surface area contributed by atoms with E-state index in [2.05, 4.69) is 0 Å². The molecule has 1 nitrogen and oxygen atoms in total. The molecule has 16 heavy (non-hydrogen) atoms. The highest BCUT2D eigenvalue weighted by Gasteiger charge is 2.08. The summed E-state index contributed by atoms with van der Waals surface area (Å²) >= 11 is 6.00. The van der Waals surface area contributed by atoms with Crippen molar-refractivity contribution in [1.29, 1.82) is 0 Å².